The number of aliphatic hydroxyl groups excluding tert-OH is 1. The number of amides is 1. The third-order valence-corrected chi connectivity index (χ3v) is 3.74. The molecule has 110 valence electrons. The fourth-order valence-electron chi connectivity index (χ4n) is 2.57. The minimum atomic E-state index is -0.525. The first-order chi connectivity index (χ1) is 10.2. The number of fused-ring (bicyclic) bond motifs is 1. The first-order valence-corrected chi connectivity index (χ1v) is 6.83. The second kappa shape index (κ2) is 5.53. The fraction of sp³-hybridized carbons (Fsp3) is 0.357. The Morgan fingerprint density at radius 2 is 2.43 bits per heavy atom. The lowest BCUT2D eigenvalue weighted by atomic mass is 10.0. The number of H-pyrrole nitrogens is 1. The van der Waals surface area contributed by atoms with Gasteiger partial charge in [-0.15, -0.1) is 0 Å². The summed E-state index contributed by atoms with van der Waals surface area (Å²) in [6.45, 7) is 4.45. The number of likely N-dealkylation sites (tertiary alicyclic amines) is 1. The van der Waals surface area contributed by atoms with E-state index >= 15 is 0 Å². The maximum atomic E-state index is 11.7. The molecule has 1 fully saturated rings. The summed E-state index contributed by atoms with van der Waals surface area (Å²) < 4.78 is 0. The van der Waals surface area contributed by atoms with Crippen LogP contribution in [0.3, 0.4) is 0 Å². The fourth-order valence-corrected chi connectivity index (χ4v) is 2.57. The SMILES string of the molecule is C=CC(=O)N1CCC(O)C(Nc2ncnc3[nH]ccc23)C1. The highest BCUT2D eigenvalue weighted by Gasteiger charge is 2.29. The van der Waals surface area contributed by atoms with Gasteiger partial charge in [-0.25, -0.2) is 9.97 Å². The first-order valence-electron chi connectivity index (χ1n) is 6.83. The molecular formula is C14H17N5O2. The molecule has 0 aromatic carbocycles. The summed E-state index contributed by atoms with van der Waals surface area (Å²) in [5.41, 5.74) is 0.733. The van der Waals surface area contributed by atoms with Gasteiger partial charge in [-0.2, -0.15) is 0 Å². The van der Waals surface area contributed by atoms with E-state index in [1.165, 1.54) is 12.4 Å². The highest BCUT2D eigenvalue weighted by molar-refractivity contribution is 5.88. The second-order valence-corrected chi connectivity index (χ2v) is 5.06. The molecule has 0 spiro atoms. The molecule has 0 aliphatic carbocycles. The number of hydrogen-bond donors (Lipinski definition) is 3. The van der Waals surface area contributed by atoms with Gasteiger partial charge in [0.15, 0.2) is 0 Å². The minimum absolute atomic E-state index is 0.122. The number of hydrogen-bond acceptors (Lipinski definition) is 5. The van der Waals surface area contributed by atoms with Gasteiger partial charge in [0.1, 0.15) is 17.8 Å². The molecule has 3 rings (SSSR count). The number of aliphatic hydroxyl groups is 1. The zero-order valence-corrected chi connectivity index (χ0v) is 11.5. The van der Waals surface area contributed by atoms with Crippen LogP contribution in [0.1, 0.15) is 6.42 Å². The van der Waals surface area contributed by atoms with E-state index in [1.807, 2.05) is 6.07 Å². The van der Waals surface area contributed by atoms with Gasteiger partial charge in [-0.05, 0) is 18.6 Å². The minimum Gasteiger partial charge on any atom is -0.391 e. The van der Waals surface area contributed by atoms with E-state index in [0.29, 0.717) is 25.3 Å². The van der Waals surface area contributed by atoms with Crippen LogP contribution in [0, 0.1) is 0 Å². The van der Waals surface area contributed by atoms with Gasteiger partial charge in [0, 0.05) is 19.3 Å². The smallest absolute Gasteiger partial charge is 0.246 e. The van der Waals surface area contributed by atoms with E-state index < -0.39 is 6.10 Å². The summed E-state index contributed by atoms with van der Waals surface area (Å²) in [7, 11) is 0. The monoisotopic (exact) mass is 287 g/mol. The molecule has 0 radical (unpaired) electrons. The van der Waals surface area contributed by atoms with Gasteiger partial charge >= 0.3 is 0 Å². The van der Waals surface area contributed by atoms with Crippen molar-refractivity contribution in [3.05, 3.63) is 31.2 Å². The Balaban J connectivity index is 1.80. The van der Waals surface area contributed by atoms with Crippen molar-refractivity contribution >= 4 is 22.8 Å². The van der Waals surface area contributed by atoms with E-state index in [-0.39, 0.29) is 11.9 Å². The maximum absolute atomic E-state index is 11.7. The Kier molecular flexibility index (Phi) is 3.57. The molecule has 0 bridgehead atoms. The molecule has 1 amide bonds. The predicted octanol–water partition coefficient (Wildman–Crippen LogP) is 0.518. The molecule has 3 heterocycles. The number of nitrogens with zero attached hydrogens (tertiary/aromatic N) is 3. The third kappa shape index (κ3) is 2.59. The van der Waals surface area contributed by atoms with Gasteiger partial charge in [0.05, 0.1) is 17.5 Å². The lowest BCUT2D eigenvalue weighted by molar-refractivity contribution is -0.128. The normalized spacial score (nSPS) is 22.2. The topological polar surface area (TPSA) is 94.1 Å². The van der Waals surface area contributed by atoms with Crippen molar-refractivity contribution in [3.8, 4) is 0 Å². The van der Waals surface area contributed by atoms with Crippen molar-refractivity contribution in [2.75, 3.05) is 18.4 Å². The summed E-state index contributed by atoms with van der Waals surface area (Å²) in [6, 6.07) is 1.61. The Morgan fingerprint density at radius 1 is 1.57 bits per heavy atom. The molecule has 0 saturated carbocycles. The van der Waals surface area contributed by atoms with Crippen LogP contribution in [0.2, 0.25) is 0 Å². The van der Waals surface area contributed by atoms with E-state index in [2.05, 4.69) is 26.8 Å². The molecule has 2 aromatic rings. The van der Waals surface area contributed by atoms with E-state index in [1.54, 1.807) is 11.1 Å². The number of aromatic amines is 1. The number of anilines is 1. The second-order valence-electron chi connectivity index (χ2n) is 5.06. The molecule has 7 nitrogen and oxygen atoms in total. The Hall–Kier alpha value is -2.41. The zero-order valence-electron chi connectivity index (χ0n) is 11.5. The Labute approximate surface area is 121 Å². The van der Waals surface area contributed by atoms with Gasteiger partial charge in [-0.1, -0.05) is 6.58 Å². The van der Waals surface area contributed by atoms with Crippen molar-refractivity contribution in [1.82, 2.24) is 19.9 Å². The highest BCUT2D eigenvalue weighted by Crippen LogP contribution is 2.21. The van der Waals surface area contributed by atoms with E-state index in [9.17, 15) is 9.90 Å². The van der Waals surface area contributed by atoms with Crippen LogP contribution in [0.25, 0.3) is 11.0 Å². The van der Waals surface area contributed by atoms with Crippen LogP contribution in [-0.2, 0) is 4.79 Å². The third-order valence-electron chi connectivity index (χ3n) is 3.74. The van der Waals surface area contributed by atoms with Crippen LogP contribution >= 0.6 is 0 Å². The average molecular weight is 287 g/mol. The molecular weight excluding hydrogens is 270 g/mol. The Morgan fingerprint density at radius 3 is 3.24 bits per heavy atom. The van der Waals surface area contributed by atoms with Crippen LogP contribution in [0.5, 0.6) is 0 Å². The van der Waals surface area contributed by atoms with Crippen LogP contribution in [-0.4, -0.2) is 56.1 Å². The van der Waals surface area contributed by atoms with Crippen molar-refractivity contribution < 1.29 is 9.90 Å². The number of nitrogens with one attached hydrogen (secondary N) is 2. The summed E-state index contributed by atoms with van der Waals surface area (Å²) >= 11 is 0. The molecule has 21 heavy (non-hydrogen) atoms. The quantitative estimate of drug-likeness (QED) is 0.715. The molecule has 2 unspecified atom stereocenters. The number of carbonyl (C=O) groups is 1. The lowest BCUT2D eigenvalue weighted by Crippen LogP contribution is -2.52. The summed E-state index contributed by atoms with van der Waals surface area (Å²) in [5, 5.41) is 14.2. The molecule has 1 aliphatic rings. The summed E-state index contributed by atoms with van der Waals surface area (Å²) in [5.74, 6) is 0.529. The number of aromatic nitrogens is 3. The molecule has 3 N–H and O–H groups in total. The largest absolute Gasteiger partial charge is 0.391 e. The van der Waals surface area contributed by atoms with Gasteiger partial charge in [0.25, 0.3) is 0 Å². The van der Waals surface area contributed by atoms with Crippen molar-refractivity contribution in [1.29, 1.82) is 0 Å². The van der Waals surface area contributed by atoms with Gasteiger partial charge in [0.2, 0.25) is 5.91 Å². The van der Waals surface area contributed by atoms with E-state index in [0.717, 1.165) is 11.0 Å². The molecule has 2 aromatic heterocycles. The summed E-state index contributed by atoms with van der Waals surface area (Å²) in [6.07, 6.45) is 4.55. The van der Waals surface area contributed by atoms with Crippen LogP contribution in [0.4, 0.5) is 5.82 Å². The van der Waals surface area contributed by atoms with Crippen LogP contribution < -0.4 is 5.32 Å². The van der Waals surface area contributed by atoms with E-state index in [4.69, 9.17) is 0 Å². The maximum Gasteiger partial charge on any atom is 0.246 e. The van der Waals surface area contributed by atoms with Gasteiger partial charge < -0.3 is 20.3 Å². The van der Waals surface area contributed by atoms with Crippen molar-refractivity contribution in [3.63, 3.8) is 0 Å². The van der Waals surface area contributed by atoms with Crippen LogP contribution in [0.15, 0.2) is 31.2 Å². The molecule has 1 saturated heterocycles. The highest BCUT2D eigenvalue weighted by atomic mass is 16.3. The van der Waals surface area contributed by atoms with Crippen molar-refractivity contribution in [2.24, 2.45) is 0 Å². The number of carbonyl (C=O) groups excluding carboxylic acids is 1. The van der Waals surface area contributed by atoms with Crippen molar-refractivity contribution in [2.45, 2.75) is 18.6 Å². The first kappa shape index (κ1) is 13.6. The Bertz CT molecular complexity index is 668. The summed E-state index contributed by atoms with van der Waals surface area (Å²) in [4.78, 5) is 24.7. The molecule has 7 heteroatoms. The standard InChI is InChI=1S/C14H17N5O2/c1-2-12(21)19-6-4-11(20)10(7-19)18-14-9-3-5-15-13(9)16-8-17-14/h2-3,5,8,10-11,20H,1,4,6-7H2,(H2,15,16,17,18). The molecule has 2 atom stereocenters. The lowest BCUT2D eigenvalue weighted by Gasteiger charge is -2.36. The predicted molar refractivity (Wildman–Crippen MR) is 78.7 cm³/mol. The average Bonchev–Trinajstić information content (AvgIpc) is 2.98. The zero-order chi connectivity index (χ0) is 14.8. The van der Waals surface area contributed by atoms with Gasteiger partial charge in [-0.3, -0.25) is 4.79 Å². The number of rotatable bonds is 3. The molecule has 1 aliphatic heterocycles. The number of piperidine rings is 1.